The van der Waals surface area contributed by atoms with Gasteiger partial charge in [-0.2, -0.15) is 0 Å². The van der Waals surface area contributed by atoms with E-state index in [1.54, 1.807) is 22.0 Å². The quantitative estimate of drug-likeness (QED) is 0.357. The third-order valence-electron chi connectivity index (χ3n) is 9.44. The molecule has 1 spiro atoms. The Hall–Kier alpha value is -3.75. The van der Waals surface area contributed by atoms with E-state index in [0.717, 1.165) is 12.0 Å². The number of carbonyl (C=O) groups is 3. The molecule has 3 heterocycles. The minimum Gasteiger partial charge on any atom is -0.394 e. The van der Waals surface area contributed by atoms with Gasteiger partial charge in [0, 0.05) is 26.2 Å². The van der Waals surface area contributed by atoms with Crippen LogP contribution < -0.4 is 0 Å². The van der Waals surface area contributed by atoms with Crippen LogP contribution in [0.1, 0.15) is 50.3 Å². The third-order valence-corrected chi connectivity index (χ3v) is 9.44. The van der Waals surface area contributed by atoms with Crippen molar-refractivity contribution in [1.82, 2.24) is 14.7 Å². The van der Waals surface area contributed by atoms with Crippen LogP contribution in [0, 0.1) is 11.8 Å². The fourth-order valence-electron chi connectivity index (χ4n) is 7.66. The fourth-order valence-corrected chi connectivity index (χ4v) is 7.66. The van der Waals surface area contributed by atoms with Gasteiger partial charge in [-0.25, -0.2) is 0 Å². The number of benzene rings is 2. The van der Waals surface area contributed by atoms with Gasteiger partial charge in [-0.3, -0.25) is 14.4 Å². The van der Waals surface area contributed by atoms with Crippen molar-refractivity contribution in [2.24, 2.45) is 11.8 Å². The predicted molar refractivity (Wildman–Crippen MR) is 164 cm³/mol. The van der Waals surface area contributed by atoms with E-state index in [2.05, 4.69) is 13.2 Å². The molecule has 3 amide bonds. The van der Waals surface area contributed by atoms with Crippen LogP contribution in [0.3, 0.4) is 0 Å². The largest absolute Gasteiger partial charge is 0.394 e. The minimum atomic E-state index is -1.20. The average Bonchev–Trinajstić information content (AvgIpc) is 3.58. The highest BCUT2D eigenvalue weighted by atomic mass is 16.5. The van der Waals surface area contributed by atoms with Crippen molar-refractivity contribution in [2.75, 3.05) is 26.2 Å². The van der Waals surface area contributed by atoms with Gasteiger partial charge in [0.1, 0.15) is 11.6 Å². The van der Waals surface area contributed by atoms with Crippen molar-refractivity contribution in [2.45, 2.75) is 62.9 Å². The van der Waals surface area contributed by atoms with E-state index >= 15 is 0 Å². The molecule has 3 saturated heterocycles. The molecule has 3 aliphatic heterocycles. The van der Waals surface area contributed by atoms with Crippen molar-refractivity contribution in [1.29, 1.82) is 0 Å². The zero-order valence-corrected chi connectivity index (χ0v) is 25.2. The van der Waals surface area contributed by atoms with Gasteiger partial charge in [0.15, 0.2) is 0 Å². The van der Waals surface area contributed by atoms with Crippen LogP contribution in [-0.2, 0) is 25.7 Å². The molecule has 0 saturated carbocycles. The molecule has 0 radical (unpaired) electrons. The first-order valence-corrected chi connectivity index (χ1v) is 15.3. The van der Waals surface area contributed by atoms with Gasteiger partial charge in [0.05, 0.1) is 30.1 Å². The van der Waals surface area contributed by atoms with Crippen LogP contribution in [0.5, 0.6) is 0 Å². The topological polar surface area (TPSA) is 90.4 Å². The molecule has 2 bridgehead atoms. The molecule has 2 aromatic rings. The number of hydrogen-bond acceptors (Lipinski definition) is 5. The van der Waals surface area contributed by atoms with E-state index in [0.29, 0.717) is 38.0 Å². The number of aliphatic hydroxyl groups excluding tert-OH is 1. The Morgan fingerprint density at radius 3 is 2.26 bits per heavy atom. The first-order valence-electron chi connectivity index (χ1n) is 15.3. The van der Waals surface area contributed by atoms with Crippen molar-refractivity contribution in [3.05, 3.63) is 97.1 Å². The number of aliphatic hydroxyl groups is 1. The number of likely N-dealkylation sites (tertiary alicyclic amines) is 1. The lowest BCUT2D eigenvalue weighted by molar-refractivity contribution is -0.156. The van der Waals surface area contributed by atoms with Crippen LogP contribution in [0.25, 0.3) is 0 Å². The molecule has 0 aliphatic carbocycles. The Labute approximate surface area is 254 Å². The van der Waals surface area contributed by atoms with Crippen molar-refractivity contribution >= 4 is 17.7 Å². The van der Waals surface area contributed by atoms with Crippen LogP contribution in [0.15, 0.2) is 86.0 Å². The summed E-state index contributed by atoms with van der Waals surface area (Å²) in [6, 6.07) is 17.1. The van der Waals surface area contributed by atoms with Gasteiger partial charge in [-0.1, -0.05) is 79.7 Å². The van der Waals surface area contributed by atoms with E-state index < -0.39 is 35.1 Å². The first kappa shape index (κ1) is 30.7. The zero-order valence-electron chi connectivity index (χ0n) is 25.2. The Morgan fingerprint density at radius 1 is 1.02 bits per heavy atom. The van der Waals surface area contributed by atoms with Crippen LogP contribution in [0.2, 0.25) is 0 Å². The van der Waals surface area contributed by atoms with Gasteiger partial charge in [-0.15, -0.1) is 13.2 Å². The van der Waals surface area contributed by atoms with E-state index in [1.807, 2.05) is 74.5 Å². The number of hydrogen-bond donors (Lipinski definition) is 1. The number of fused-ring (bicyclic) bond motifs is 1. The molecule has 3 fully saturated rings. The molecule has 2 aromatic carbocycles. The summed E-state index contributed by atoms with van der Waals surface area (Å²) in [5, 5.41) is 10.8. The van der Waals surface area contributed by atoms with E-state index in [9.17, 15) is 19.5 Å². The molecule has 3 aliphatic rings. The van der Waals surface area contributed by atoms with E-state index in [-0.39, 0.29) is 30.9 Å². The van der Waals surface area contributed by atoms with Crippen LogP contribution >= 0.6 is 0 Å². The molecule has 5 rings (SSSR count). The summed E-state index contributed by atoms with van der Waals surface area (Å²) < 4.78 is 6.86. The Bertz CT molecular complexity index is 1350. The Balaban J connectivity index is 1.63. The summed E-state index contributed by atoms with van der Waals surface area (Å²) in [7, 11) is 0. The third kappa shape index (κ3) is 5.21. The minimum absolute atomic E-state index is 0.148. The van der Waals surface area contributed by atoms with Crippen LogP contribution in [-0.4, -0.2) is 81.0 Å². The molecule has 6 atom stereocenters. The maximum Gasteiger partial charge on any atom is 0.249 e. The number of ether oxygens (including phenoxy) is 1. The van der Waals surface area contributed by atoms with Crippen molar-refractivity contribution in [3.63, 3.8) is 0 Å². The van der Waals surface area contributed by atoms with Gasteiger partial charge in [-0.05, 0) is 37.3 Å². The lowest BCUT2D eigenvalue weighted by Gasteiger charge is -2.39. The van der Waals surface area contributed by atoms with Crippen LogP contribution in [0.4, 0.5) is 0 Å². The van der Waals surface area contributed by atoms with E-state index in [1.165, 1.54) is 4.90 Å². The summed E-state index contributed by atoms with van der Waals surface area (Å²) in [5.41, 5.74) is -0.429. The van der Waals surface area contributed by atoms with Gasteiger partial charge in [0.25, 0.3) is 0 Å². The second-order valence-electron chi connectivity index (χ2n) is 12.1. The smallest absolute Gasteiger partial charge is 0.249 e. The maximum absolute atomic E-state index is 14.8. The predicted octanol–water partition coefficient (Wildman–Crippen LogP) is 4.12. The highest BCUT2D eigenvalue weighted by Crippen LogP contribution is 2.64. The molecule has 43 heavy (non-hydrogen) atoms. The van der Waals surface area contributed by atoms with Gasteiger partial charge in [0.2, 0.25) is 17.7 Å². The number of nitrogens with zero attached hydrogens (tertiary/aromatic N) is 3. The Kier molecular flexibility index (Phi) is 8.90. The lowest BCUT2D eigenvalue weighted by atomic mass is 9.66. The number of carbonyl (C=O) groups excluding carboxylic acids is 3. The SMILES string of the molecule is C=CCN(Cc1ccccc1)C(=O)C1N([C@H](CO)c2ccccc2)C(=O)[C@@H]2[C@@H](C(=O)N(CC=C)CCC)[C@@]3(C)CCC12O3. The highest BCUT2D eigenvalue weighted by molar-refractivity contribution is 5.99. The van der Waals surface area contributed by atoms with Gasteiger partial charge < -0.3 is 24.5 Å². The summed E-state index contributed by atoms with van der Waals surface area (Å²) in [6.45, 7) is 12.8. The van der Waals surface area contributed by atoms with Crippen molar-refractivity contribution in [3.8, 4) is 0 Å². The molecule has 8 heteroatoms. The average molecular weight is 586 g/mol. The van der Waals surface area contributed by atoms with Crippen molar-refractivity contribution < 1.29 is 24.2 Å². The zero-order chi connectivity index (χ0) is 30.8. The molecule has 8 nitrogen and oxygen atoms in total. The highest BCUT2D eigenvalue weighted by Gasteiger charge is 2.79. The summed E-state index contributed by atoms with van der Waals surface area (Å²) in [4.78, 5) is 48.8. The molecule has 2 unspecified atom stereocenters. The summed E-state index contributed by atoms with van der Waals surface area (Å²) >= 11 is 0. The number of rotatable bonds is 13. The van der Waals surface area contributed by atoms with E-state index in [4.69, 9.17) is 4.74 Å². The molecule has 228 valence electrons. The maximum atomic E-state index is 14.8. The standard InChI is InChI=1S/C35H43N3O5/c1-5-20-36(21-6-2)31(40)28-29-32(41)38(27(24-39)26-16-12-9-13-17-26)30(35(29)19-18-34(28,4)43-35)33(42)37(22-7-3)23-25-14-10-8-11-15-25/h5,7-17,27-30,39H,1,3,6,18-24H2,2,4H3/t27-,28+,29+,30?,34-,35?/m1/s1. The molecular formula is C35H43N3O5. The fraction of sp³-hybridized carbons (Fsp3) is 0.457. The normalized spacial score (nSPS) is 27.9. The molecular weight excluding hydrogens is 542 g/mol. The monoisotopic (exact) mass is 585 g/mol. The van der Waals surface area contributed by atoms with Gasteiger partial charge >= 0.3 is 0 Å². The number of amides is 3. The Morgan fingerprint density at radius 2 is 1.65 bits per heavy atom. The summed E-state index contributed by atoms with van der Waals surface area (Å²) in [5.74, 6) is -2.35. The molecule has 1 N–H and O–H groups in total. The lowest BCUT2D eigenvalue weighted by Crippen LogP contribution is -2.57. The first-order chi connectivity index (χ1) is 20.8. The summed E-state index contributed by atoms with van der Waals surface area (Å²) in [6.07, 6.45) is 5.15. The second-order valence-corrected chi connectivity index (χ2v) is 12.1. The molecule has 0 aromatic heterocycles. The second kappa shape index (κ2) is 12.5.